The number of hydrogen-bond acceptors (Lipinski definition) is 4. The van der Waals surface area contributed by atoms with Crippen LogP contribution in [0.2, 0.25) is 0 Å². The summed E-state index contributed by atoms with van der Waals surface area (Å²) in [5, 5.41) is 7.44. The molecule has 0 fully saturated rings. The monoisotopic (exact) mass is 286 g/mol. The number of aryl methyl sites for hydroxylation is 1. The summed E-state index contributed by atoms with van der Waals surface area (Å²) in [4.78, 5) is 8.99. The first-order valence-electron chi connectivity index (χ1n) is 6.30. The Morgan fingerprint density at radius 2 is 2.16 bits per heavy atom. The van der Waals surface area contributed by atoms with Crippen LogP contribution in [-0.2, 0) is 6.42 Å². The molecule has 96 valence electrons. The maximum atomic E-state index is 4.75. The lowest BCUT2D eigenvalue weighted by molar-refractivity contribution is 0.919. The van der Waals surface area contributed by atoms with Gasteiger partial charge in [-0.1, -0.05) is 13.3 Å². The largest absolute Gasteiger partial charge is 0.264 e. The van der Waals surface area contributed by atoms with Gasteiger partial charge in [-0.15, -0.1) is 11.3 Å². The van der Waals surface area contributed by atoms with E-state index in [1.54, 1.807) is 22.7 Å². The Labute approximate surface area is 120 Å². The third-order valence-electron chi connectivity index (χ3n) is 2.98. The van der Waals surface area contributed by atoms with Crippen molar-refractivity contribution < 1.29 is 0 Å². The predicted octanol–water partition coefficient (Wildman–Crippen LogP) is 4.89. The Morgan fingerprint density at radius 1 is 1.21 bits per heavy atom. The smallest absolute Gasteiger partial charge is 0.124 e. The minimum absolute atomic E-state index is 1.04. The standard InChI is InChI=1S/C15H14N2S2/c1-2-3-11-4-6-16-8-13(11)14-10-19-15(17-14)12-5-7-18-9-12/h4-10H,2-3H2,1H3. The number of thiazole rings is 1. The van der Waals surface area contributed by atoms with Gasteiger partial charge in [-0.05, 0) is 29.5 Å². The predicted molar refractivity (Wildman–Crippen MR) is 82.7 cm³/mol. The van der Waals surface area contributed by atoms with Crippen LogP contribution in [0.25, 0.3) is 21.8 Å². The van der Waals surface area contributed by atoms with Gasteiger partial charge in [-0.25, -0.2) is 4.98 Å². The molecule has 0 aromatic carbocycles. The van der Waals surface area contributed by atoms with Crippen LogP contribution >= 0.6 is 22.7 Å². The van der Waals surface area contributed by atoms with Crippen LogP contribution in [0.5, 0.6) is 0 Å². The Hall–Kier alpha value is -1.52. The molecule has 0 unspecified atom stereocenters. The maximum Gasteiger partial charge on any atom is 0.124 e. The highest BCUT2D eigenvalue weighted by Crippen LogP contribution is 2.31. The van der Waals surface area contributed by atoms with E-state index in [-0.39, 0.29) is 0 Å². The van der Waals surface area contributed by atoms with Gasteiger partial charge >= 0.3 is 0 Å². The van der Waals surface area contributed by atoms with Gasteiger partial charge in [0.25, 0.3) is 0 Å². The minimum atomic E-state index is 1.04. The zero-order valence-electron chi connectivity index (χ0n) is 10.7. The normalized spacial score (nSPS) is 10.8. The van der Waals surface area contributed by atoms with Crippen molar-refractivity contribution in [3.8, 4) is 21.8 Å². The molecule has 0 aliphatic carbocycles. The van der Waals surface area contributed by atoms with E-state index < -0.39 is 0 Å². The summed E-state index contributed by atoms with van der Waals surface area (Å²) in [6, 6.07) is 4.21. The van der Waals surface area contributed by atoms with E-state index in [0.717, 1.165) is 23.5 Å². The molecule has 0 atom stereocenters. The summed E-state index contributed by atoms with van der Waals surface area (Å²) in [6.07, 6.45) is 6.00. The number of thiophene rings is 1. The second-order valence-electron chi connectivity index (χ2n) is 4.33. The fourth-order valence-corrected chi connectivity index (χ4v) is 3.59. The molecule has 19 heavy (non-hydrogen) atoms. The fraction of sp³-hybridized carbons (Fsp3) is 0.200. The van der Waals surface area contributed by atoms with Crippen LogP contribution in [0.1, 0.15) is 18.9 Å². The second-order valence-corrected chi connectivity index (χ2v) is 5.97. The Kier molecular flexibility index (Phi) is 3.71. The molecular weight excluding hydrogens is 272 g/mol. The number of rotatable bonds is 4. The Morgan fingerprint density at radius 3 is 2.95 bits per heavy atom. The Balaban J connectivity index is 1.99. The summed E-state index contributed by atoms with van der Waals surface area (Å²) in [7, 11) is 0. The van der Waals surface area contributed by atoms with Crippen molar-refractivity contribution >= 4 is 22.7 Å². The number of hydrogen-bond donors (Lipinski definition) is 0. The summed E-state index contributed by atoms with van der Waals surface area (Å²) in [6.45, 7) is 2.20. The number of nitrogens with zero attached hydrogens (tertiary/aromatic N) is 2. The molecule has 3 aromatic heterocycles. The van der Waals surface area contributed by atoms with Gasteiger partial charge in [0, 0.05) is 34.3 Å². The van der Waals surface area contributed by atoms with Crippen molar-refractivity contribution in [2.45, 2.75) is 19.8 Å². The van der Waals surface area contributed by atoms with E-state index in [9.17, 15) is 0 Å². The van der Waals surface area contributed by atoms with E-state index in [1.807, 2.05) is 12.4 Å². The first-order chi connectivity index (χ1) is 9.38. The van der Waals surface area contributed by atoms with Crippen LogP contribution in [-0.4, -0.2) is 9.97 Å². The quantitative estimate of drug-likeness (QED) is 0.682. The average Bonchev–Trinajstić information content (AvgIpc) is 3.11. The lowest BCUT2D eigenvalue weighted by Crippen LogP contribution is -1.90. The van der Waals surface area contributed by atoms with Crippen molar-refractivity contribution in [3.63, 3.8) is 0 Å². The molecule has 3 rings (SSSR count). The summed E-state index contributed by atoms with van der Waals surface area (Å²) >= 11 is 3.40. The van der Waals surface area contributed by atoms with Gasteiger partial charge in [0.05, 0.1) is 5.69 Å². The molecule has 0 N–H and O–H groups in total. The van der Waals surface area contributed by atoms with E-state index in [2.05, 4.69) is 40.2 Å². The molecule has 3 aromatic rings. The molecule has 0 spiro atoms. The lowest BCUT2D eigenvalue weighted by Gasteiger charge is -2.04. The average molecular weight is 286 g/mol. The highest BCUT2D eigenvalue weighted by atomic mass is 32.1. The molecule has 4 heteroatoms. The van der Waals surface area contributed by atoms with Gasteiger partial charge in [0.1, 0.15) is 5.01 Å². The topological polar surface area (TPSA) is 25.8 Å². The zero-order valence-corrected chi connectivity index (χ0v) is 12.3. The SMILES string of the molecule is CCCc1ccncc1-c1csc(-c2ccsc2)n1. The summed E-state index contributed by atoms with van der Waals surface area (Å²) < 4.78 is 0. The van der Waals surface area contributed by atoms with E-state index in [4.69, 9.17) is 4.98 Å². The fourth-order valence-electron chi connectivity index (χ4n) is 2.06. The maximum absolute atomic E-state index is 4.75. The third kappa shape index (κ3) is 2.60. The van der Waals surface area contributed by atoms with Gasteiger partial charge in [-0.2, -0.15) is 11.3 Å². The molecule has 0 saturated heterocycles. The highest BCUT2D eigenvalue weighted by molar-refractivity contribution is 7.14. The molecule has 3 heterocycles. The third-order valence-corrected chi connectivity index (χ3v) is 4.55. The van der Waals surface area contributed by atoms with Crippen molar-refractivity contribution in [2.24, 2.45) is 0 Å². The van der Waals surface area contributed by atoms with Gasteiger partial charge in [0.15, 0.2) is 0 Å². The molecule has 0 aliphatic rings. The van der Waals surface area contributed by atoms with Crippen molar-refractivity contribution in [2.75, 3.05) is 0 Å². The van der Waals surface area contributed by atoms with Crippen LogP contribution in [0.15, 0.2) is 40.7 Å². The first kappa shape index (κ1) is 12.5. The molecule has 0 aliphatic heterocycles. The van der Waals surface area contributed by atoms with Gasteiger partial charge in [-0.3, -0.25) is 4.98 Å². The van der Waals surface area contributed by atoms with Crippen molar-refractivity contribution in [1.29, 1.82) is 0 Å². The highest BCUT2D eigenvalue weighted by Gasteiger charge is 2.10. The first-order valence-corrected chi connectivity index (χ1v) is 8.12. The summed E-state index contributed by atoms with van der Waals surface area (Å²) in [5.74, 6) is 0. The molecular formula is C15H14N2S2. The van der Waals surface area contributed by atoms with Gasteiger partial charge in [0.2, 0.25) is 0 Å². The minimum Gasteiger partial charge on any atom is -0.264 e. The van der Waals surface area contributed by atoms with Crippen LogP contribution in [0, 0.1) is 0 Å². The number of aromatic nitrogens is 2. The number of pyridine rings is 1. The van der Waals surface area contributed by atoms with E-state index in [1.165, 1.54) is 16.7 Å². The zero-order chi connectivity index (χ0) is 13.1. The van der Waals surface area contributed by atoms with E-state index in [0.29, 0.717) is 0 Å². The van der Waals surface area contributed by atoms with Crippen molar-refractivity contribution in [3.05, 3.63) is 46.2 Å². The van der Waals surface area contributed by atoms with Crippen molar-refractivity contribution in [1.82, 2.24) is 9.97 Å². The van der Waals surface area contributed by atoms with Crippen LogP contribution in [0.3, 0.4) is 0 Å². The molecule has 0 bridgehead atoms. The molecule has 2 nitrogen and oxygen atoms in total. The Bertz CT molecular complexity index is 656. The molecule has 0 saturated carbocycles. The summed E-state index contributed by atoms with van der Waals surface area (Å²) in [5.41, 5.74) is 4.76. The lowest BCUT2D eigenvalue weighted by atomic mass is 10.0. The molecule has 0 radical (unpaired) electrons. The van der Waals surface area contributed by atoms with Crippen LogP contribution in [0.4, 0.5) is 0 Å². The second kappa shape index (κ2) is 5.63. The van der Waals surface area contributed by atoms with Gasteiger partial charge < -0.3 is 0 Å². The molecule has 0 amide bonds. The van der Waals surface area contributed by atoms with Crippen LogP contribution < -0.4 is 0 Å². The van der Waals surface area contributed by atoms with E-state index >= 15 is 0 Å².